The minimum atomic E-state index is -0.434. The number of halogens is 2. The first kappa shape index (κ1) is 15.0. The van der Waals surface area contributed by atoms with Gasteiger partial charge in [-0.2, -0.15) is 0 Å². The average Bonchev–Trinajstić information content (AvgIpc) is 2.41. The Kier molecular flexibility index (Phi) is 4.79. The lowest BCUT2D eigenvalue weighted by atomic mass is 9.96. The molecule has 0 aromatic heterocycles. The minimum absolute atomic E-state index is 0.103. The van der Waals surface area contributed by atoms with Crippen LogP contribution in [0, 0.1) is 11.7 Å². The zero-order chi connectivity index (χ0) is 14.7. The van der Waals surface area contributed by atoms with E-state index in [0.29, 0.717) is 11.5 Å². The van der Waals surface area contributed by atoms with E-state index in [1.807, 2.05) is 12.1 Å². The molecule has 0 heterocycles. The van der Waals surface area contributed by atoms with Crippen molar-refractivity contribution < 1.29 is 4.39 Å². The van der Waals surface area contributed by atoms with E-state index in [1.165, 1.54) is 11.6 Å². The van der Waals surface area contributed by atoms with E-state index < -0.39 is 11.9 Å². The van der Waals surface area contributed by atoms with Gasteiger partial charge in [0.15, 0.2) is 0 Å². The third kappa shape index (κ3) is 3.38. The fraction of sp³-hybridized carbons (Fsp3) is 0.294. The molecule has 3 heteroatoms. The predicted molar refractivity (Wildman–Crippen MR) is 82.4 cm³/mol. The maximum absolute atomic E-state index is 13.5. The molecular formula is C17H19ClFN. The van der Waals surface area contributed by atoms with Crippen molar-refractivity contribution in [3.8, 4) is 0 Å². The van der Waals surface area contributed by atoms with E-state index in [2.05, 4.69) is 26.0 Å². The second kappa shape index (κ2) is 6.38. The van der Waals surface area contributed by atoms with Gasteiger partial charge in [-0.05, 0) is 35.1 Å². The van der Waals surface area contributed by atoms with Gasteiger partial charge in [0.2, 0.25) is 0 Å². The average molecular weight is 292 g/mol. The lowest BCUT2D eigenvalue weighted by Crippen LogP contribution is -2.13. The molecule has 0 aliphatic heterocycles. The van der Waals surface area contributed by atoms with Crippen LogP contribution in [-0.4, -0.2) is 0 Å². The highest BCUT2D eigenvalue weighted by Crippen LogP contribution is 2.28. The fourth-order valence-electron chi connectivity index (χ4n) is 2.27. The largest absolute Gasteiger partial charge is 0.320 e. The van der Waals surface area contributed by atoms with Crippen molar-refractivity contribution in [1.29, 1.82) is 0 Å². The van der Waals surface area contributed by atoms with E-state index in [0.717, 1.165) is 12.0 Å². The highest BCUT2D eigenvalue weighted by Gasteiger charge is 2.14. The number of hydrogen-bond donors (Lipinski definition) is 1. The van der Waals surface area contributed by atoms with Crippen molar-refractivity contribution in [1.82, 2.24) is 0 Å². The van der Waals surface area contributed by atoms with Crippen LogP contribution >= 0.6 is 11.6 Å². The summed E-state index contributed by atoms with van der Waals surface area (Å²) in [5, 5.41) is 0.103. The molecule has 2 N–H and O–H groups in total. The Morgan fingerprint density at radius 1 is 1.10 bits per heavy atom. The van der Waals surface area contributed by atoms with Gasteiger partial charge in [0.05, 0.1) is 11.1 Å². The van der Waals surface area contributed by atoms with Crippen molar-refractivity contribution in [3.63, 3.8) is 0 Å². The Morgan fingerprint density at radius 2 is 1.75 bits per heavy atom. The first-order chi connectivity index (χ1) is 9.49. The van der Waals surface area contributed by atoms with E-state index in [-0.39, 0.29) is 5.02 Å². The van der Waals surface area contributed by atoms with Gasteiger partial charge in [0.25, 0.3) is 0 Å². The van der Waals surface area contributed by atoms with Gasteiger partial charge in [0, 0.05) is 0 Å². The Morgan fingerprint density at radius 3 is 2.35 bits per heavy atom. The normalized spacial score (nSPS) is 12.7. The Hall–Kier alpha value is -1.38. The molecule has 0 spiro atoms. The first-order valence-electron chi connectivity index (χ1n) is 6.77. The molecule has 0 saturated heterocycles. The van der Waals surface area contributed by atoms with Crippen LogP contribution in [0.15, 0.2) is 42.5 Å². The van der Waals surface area contributed by atoms with Crippen molar-refractivity contribution >= 4 is 11.6 Å². The van der Waals surface area contributed by atoms with Crippen molar-refractivity contribution in [2.45, 2.75) is 26.3 Å². The summed E-state index contributed by atoms with van der Waals surface area (Å²) in [6.45, 7) is 4.37. The molecule has 0 amide bonds. The first-order valence-corrected chi connectivity index (χ1v) is 7.15. The minimum Gasteiger partial charge on any atom is -0.320 e. The predicted octanol–water partition coefficient (Wildman–Crippen LogP) is 4.73. The van der Waals surface area contributed by atoms with Crippen LogP contribution in [-0.2, 0) is 6.42 Å². The molecule has 2 aromatic carbocycles. The molecule has 0 aliphatic carbocycles. The van der Waals surface area contributed by atoms with Crippen molar-refractivity contribution in [2.75, 3.05) is 0 Å². The summed E-state index contributed by atoms with van der Waals surface area (Å²) >= 11 is 5.98. The summed E-state index contributed by atoms with van der Waals surface area (Å²) in [5.41, 5.74) is 9.01. The van der Waals surface area contributed by atoms with E-state index in [9.17, 15) is 4.39 Å². The Bertz CT molecular complexity index is 578. The molecule has 0 saturated carbocycles. The van der Waals surface area contributed by atoms with E-state index in [1.54, 1.807) is 12.1 Å². The molecule has 0 fully saturated rings. The van der Waals surface area contributed by atoms with Gasteiger partial charge >= 0.3 is 0 Å². The molecule has 106 valence electrons. The van der Waals surface area contributed by atoms with Gasteiger partial charge < -0.3 is 5.73 Å². The van der Waals surface area contributed by atoms with Gasteiger partial charge in [0.1, 0.15) is 5.82 Å². The second-order valence-electron chi connectivity index (χ2n) is 5.46. The van der Waals surface area contributed by atoms with Crippen molar-refractivity contribution in [2.24, 2.45) is 11.7 Å². The monoisotopic (exact) mass is 291 g/mol. The highest BCUT2D eigenvalue weighted by atomic mass is 35.5. The molecule has 0 bridgehead atoms. The summed E-state index contributed by atoms with van der Waals surface area (Å²) in [5.74, 6) is 0.184. The van der Waals surface area contributed by atoms with Crippen LogP contribution in [0.5, 0.6) is 0 Å². The zero-order valence-electron chi connectivity index (χ0n) is 11.7. The zero-order valence-corrected chi connectivity index (χ0v) is 12.5. The number of rotatable bonds is 4. The third-order valence-corrected chi connectivity index (χ3v) is 3.70. The molecule has 0 radical (unpaired) electrons. The summed E-state index contributed by atoms with van der Waals surface area (Å²) < 4.78 is 13.5. The lowest BCUT2D eigenvalue weighted by molar-refractivity contribution is 0.624. The molecule has 2 aromatic rings. The van der Waals surface area contributed by atoms with Crippen LogP contribution < -0.4 is 5.73 Å². The van der Waals surface area contributed by atoms with Gasteiger partial charge in [-0.3, -0.25) is 0 Å². The standard InChI is InChI=1S/C17H19ClFN/c1-11(2)10-12-6-8-13(9-7-12)17(20)14-4-3-5-15(19)16(14)18/h3-9,11,17H,10,20H2,1-2H3. The van der Waals surface area contributed by atoms with Crippen LogP contribution in [0.25, 0.3) is 0 Å². The lowest BCUT2D eigenvalue weighted by Gasteiger charge is -2.15. The Labute approximate surface area is 124 Å². The molecule has 1 atom stereocenters. The quantitative estimate of drug-likeness (QED) is 0.866. The molecule has 2 rings (SSSR count). The summed E-state index contributed by atoms with van der Waals surface area (Å²) in [4.78, 5) is 0. The van der Waals surface area contributed by atoms with Gasteiger partial charge in [-0.1, -0.05) is 61.8 Å². The van der Waals surface area contributed by atoms with E-state index >= 15 is 0 Å². The molecule has 1 unspecified atom stereocenters. The summed E-state index contributed by atoms with van der Waals surface area (Å²) in [6, 6.07) is 12.4. The molecule has 20 heavy (non-hydrogen) atoms. The molecular weight excluding hydrogens is 273 g/mol. The number of hydrogen-bond acceptors (Lipinski definition) is 1. The van der Waals surface area contributed by atoms with Crippen molar-refractivity contribution in [3.05, 3.63) is 70.0 Å². The van der Waals surface area contributed by atoms with Crippen LogP contribution in [0.1, 0.15) is 36.6 Å². The van der Waals surface area contributed by atoms with Gasteiger partial charge in [-0.15, -0.1) is 0 Å². The topological polar surface area (TPSA) is 26.0 Å². The Balaban J connectivity index is 2.25. The second-order valence-corrected chi connectivity index (χ2v) is 5.84. The summed E-state index contributed by atoms with van der Waals surface area (Å²) in [7, 11) is 0. The van der Waals surface area contributed by atoms with Crippen LogP contribution in [0.4, 0.5) is 4.39 Å². The summed E-state index contributed by atoms with van der Waals surface area (Å²) in [6.07, 6.45) is 1.04. The van der Waals surface area contributed by atoms with Crippen LogP contribution in [0.2, 0.25) is 5.02 Å². The number of benzene rings is 2. The molecule has 0 aliphatic rings. The third-order valence-electron chi connectivity index (χ3n) is 3.30. The van der Waals surface area contributed by atoms with Crippen LogP contribution in [0.3, 0.4) is 0 Å². The maximum atomic E-state index is 13.5. The number of nitrogens with two attached hydrogens (primary N) is 1. The fourth-order valence-corrected chi connectivity index (χ4v) is 2.52. The smallest absolute Gasteiger partial charge is 0.142 e. The highest BCUT2D eigenvalue weighted by molar-refractivity contribution is 6.31. The molecule has 1 nitrogen and oxygen atoms in total. The SMILES string of the molecule is CC(C)Cc1ccc(C(N)c2cccc(F)c2Cl)cc1. The van der Waals surface area contributed by atoms with Gasteiger partial charge in [-0.25, -0.2) is 4.39 Å². The van der Waals surface area contributed by atoms with E-state index in [4.69, 9.17) is 17.3 Å². The maximum Gasteiger partial charge on any atom is 0.142 e.